The van der Waals surface area contributed by atoms with Crippen LogP contribution in [0.3, 0.4) is 0 Å². The second-order valence-electron chi connectivity index (χ2n) is 6.18. The van der Waals surface area contributed by atoms with Crippen LogP contribution >= 0.6 is 12.4 Å². The number of carbonyl (C=O) groups is 1. The quantitative estimate of drug-likeness (QED) is 0.618. The minimum Gasteiger partial charge on any atom is -0.496 e. The number of hydrogen-bond acceptors (Lipinski definition) is 6. The fourth-order valence-corrected chi connectivity index (χ4v) is 2.87. The van der Waals surface area contributed by atoms with Crippen LogP contribution in [0.1, 0.15) is 6.92 Å². The monoisotopic (exact) mass is 435 g/mol. The van der Waals surface area contributed by atoms with E-state index >= 15 is 0 Å². The Kier molecular flexibility index (Phi) is 7.60. The van der Waals surface area contributed by atoms with Crippen LogP contribution in [-0.4, -0.2) is 41.6 Å². The Labute approximate surface area is 180 Å². The molecule has 30 heavy (non-hydrogen) atoms. The van der Waals surface area contributed by atoms with E-state index in [0.717, 1.165) is 5.69 Å². The van der Waals surface area contributed by atoms with Crippen LogP contribution in [-0.2, 0) is 11.8 Å². The lowest BCUT2D eigenvalue weighted by Crippen LogP contribution is -2.14. The summed E-state index contributed by atoms with van der Waals surface area (Å²) in [5, 5.41) is 11.2. The van der Waals surface area contributed by atoms with Crippen molar-refractivity contribution in [1.82, 2.24) is 14.8 Å². The van der Waals surface area contributed by atoms with Gasteiger partial charge >= 0.3 is 6.09 Å². The number of aromatic nitrogens is 3. The molecule has 0 unspecified atom stereocenters. The van der Waals surface area contributed by atoms with Crippen molar-refractivity contribution in [2.24, 2.45) is 7.05 Å². The number of ether oxygens (including phenoxy) is 2. The van der Waals surface area contributed by atoms with E-state index in [-0.39, 0.29) is 24.8 Å². The molecule has 8 nitrogen and oxygen atoms in total. The zero-order valence-corrected chi connectivity index (χ0v) is 17.9. The molecule has 3 aromatic rings. The summed E-state index contributed by atoms with van der Waals surface area (Å²) in [5.41, 5.74) is 2.01. The number of rotatable bonds is 6. The standard InChI is InChI=1S/C20H22FN5O3.ClH/c1-5-29-20(27)22-14-8-11-16(17(12-14)28-4)18-23-24-19(26(18)3)25(2)15-9-6-13(21)7-10-15;/h6-12H,5H2,1-4H3,(H,22,27);1H. The van der Waals surface area contributed by atoms with Gasteiger partial charge in [-0.25, -0.2) is 9.18 Å². The fraction of sp³-hybridized carbons (Fsp3) is 0.250. The number of halogens is 2. The lowest BCUT2D eigenvalue weighted by Gasteiger charge is -2.18. The third-order valence-corrected chi connectivity index (χ3v) is 4.33. The number of benzene rings is 2. The highest BCUT2D eigenvalue weighted by atomic mass is 35.5. The van der Waals surface area contributed by atoms with Crippen molar-refractivity contribution in [2.45, 2.75) is 6.92 Å². The van der Waals surface area contributed by atoms with Gasteiger partial charge in [-0.1, -0.05) is 0 Å². The third kappa shape index (κ3) is 4.80. The van der Waals surface area contributed by atoms with E-state index in [1.165, 1.54) is 19.2 Å². The fourth-order valence-electron chi connectivity index (χ4n) is 2.87. The van der Waals surface area contributed by atoms with Gasteiger partial charge in [-0.05, 0) is 43.3 Å². The molecule has 10 heteroatoms. The van der Waals surface area contributed by atoms with Gasteiger partial charge in [0.1, 0.15) is 11.6 Å². The summed E-state index contributed by atoms with van der Waals surface area (Å²) in [6, 6.07) is 11.3. The maximum Gasteiger partial charge on any atom is 0.411 e. The number of nitrogens with one attached hydrogen (secondary N) is 1. The molecule has 2 aromatic carbocycles. The molecule has 0 saturated carbocycles. The Morgan fingerprint density at radius 1 is 1.20 bits per heavy atom. The molecular weight excluding hydrogens is 413 g/mol. The lowest BCUT2D eigenvalue weighted by atomic mass is 10.1. The van der Waals surface area contributed by atoms with Crippen LogP contribution in [0.25, 0.3) is 11.4 Å². The molecule has 160 valence electrons. The van der Waals surface area contributed by atoms with Crippen molar-refractivity contribution in [3.63, 3.8) is 0 Å². The molecule has 0 fully saturated rings. The number of nitrogens with zero attached hydrogens (tertiary/aromatic N) is 4. The normalized spacial score (nSPS) is 10.2. The average molecular weight is 436 g/mol. The summed E-state index contributed by atoms with van der Waals surface area (Å²) in [7, 11) is 5.19. The van der Waals surface area contributed by atoms with Gasteiger partial charge in [0, 0.05) is 31.5 Å². The molecule has 0 aliphatic rings. The third-order valence-electron chi connectivity index (χ3n) is 4.33. The van der Waals surface area contributed by atoms with Crippen molar-refractivity contribution < 1.29 is 18.7 Å². The molecule has 0 spiro atoms. The zero-order chi connectivity index (χ0) is 21.0. The number of amides is 1. The summed E-state index contributed by atoms with van der Waals surface area (Å²) < 4.78 is 25.4. The summed E-state index contributed by atoms with van der Waals surface area (Å²) in [6.45, 7) is 2.02. The van der Waals surface area contributed by atoms with Crippen LogP contribution < -0.4 is 15.0 Å². The van der Waals surface area contributed by atoms with Crippen LogP contribution in [0.5, 0.6) is 5.75 Å². The summed E-state index contributed by atoms with van der Waals surface area (Å²) in [6.07, 6.45) is -0.538. The van der Waals surface area contributed by atoms with E-state index in [2.05, 4.69) is 15.5 Å². The molecule has 1 aromatic heterocycles. The van der Waals surface area contributed by atoms with Gasteiger partial charge in [-0.3, -0.25) is 9.88 Å². The molecule has 3 rings (SSSR count). The SMILES string of the molecule is CCOC(=O)Nc1ccc(-c2nnc(N(C)c3ccc(F)cc3)n2C)c(OC)c1.Cl. The number of hydrogen-bond donors (Lipinski definition) is 1. The smallest absolute Gasteiger partial charge is 0.411 e. The minimum absolute atomic E-state index is 0. The second-order valence-corrected chi connectivity index (χ2v) is 6.18. The largest absolute Gasteiger partial charge is 0.496 e. The second kappa shape index (κ2) is 9.93. The minimum atomic E-state index is -0.538. The lowest BCUT2D eigenvalue weighted by molar-refractivity contribution is 0.168. The Bertz CT molecular complexity index is 1010. The molecule has 1 N–H and O–H groups in total. The Morgan fingerprint density at radius 2 is 1.90 bits per heavy atom. The first kappa shape index (κ1) is 23.0. The van der Waals surface area contributed by atoms with Crippen molar-refractivity contribution in [2.75, 3.05) is 31.0 Å². The molecule has 0 atom stereocenters. The first-order valence-corrected chi connectivity index (χ1v) is 8.95. The summed E-state index contributed by atoms with van der Waals surface area (Å²) in [5.74, 6) is 1.36. The number of carbonyl (C=O) groups excluding carboxylic acids is 1. The van der Waals surface area contributed by atoms with E-state index in [0.29, 0.717) is 28.8 Å². The van der Waals surface area contributed by atoms with Gasteiger partial charge in [0.15, 0.2) is 5.82 Å². The highest BCUT2D eigenvalue weighted by Gasteiger charge is 2.19. The van der Waals surface area contributed by atoms with Gasteiger partial charge < -0.3 is 14.4 Å². The topological polar surface area (TPSA) is 81.5 Å². The highest BCUT2D eigenvalue weighted by molar-refractivity contribution is 5.86. The summed E-state index contributed by atoms with van der Waals surface area (Å²) in [4.78, 5) is 13.4. The molecule has 1 heterocycles. The first-order chi connectivity index (χ1) is 13.9. The Morgan fingerprint density at radius 3 is 2.53 bits per heavy atom. The van der Waals surface area contributed by atoms with Crippen LogP contribution in [0.15, 0.2) is 42.5 Å². The van der Waals surface area contributed by atoms with Crippen molar-refractivity contribution in [3.05, 3.63) is 48.3 Å². The van der Waals surface area contributed by atoms with E-state index in [1.54, 1.807) is 46.7 Å². The predicted octanol–water partition coefficient (Wildman–Crippen LogP) is 4.39. The van der Waals surface area contributed by atoms with Crippen molar-refractivity contribution in [3.8, 4) is 17.1 Å². The highest BCUT2D eigenvalue weighted by Crippen LogP contribution is 2.33. The molecular formula is C20H23ClFN5O3. The number of methoxy groups -OCH3 is 1. The van der Waals surface area contributed by atoms with Crippen molar-refractivity contribution in [1.29, 1.82) is 0 Å². The maximum atomic E-state index is 13.2. The molecule has 0 aliphatic carbocycles. The zero-order valence-electron chi connectivity index (χ0n) is 17.0. The predicted molar refractivity (Wildman–Crippen MR) is 115 cm³/mol. The van der Waals surface area contributed by atoms with Crippen LogP contribution in [0.2, 0.25) is 0 Å². The van der Waals surface area contributed by atoms with Gasteiger partial charge in [0.25, 0.3) is 0 Å². The average Bonchev–Trinajstić information content (AvgIpc) is 3.09. The van der Waals surface area contributed by atoms with E-state index in [1.807, 2.05) is 14.1 Å². The Hall–Kier alpha value is -3.33. The van der Waals surface area contributed by atoms with Gasteiger partial charge in [-0.15, -0.1) is 22.6 Å². The van der Waals surface area contributed by atoms with E-state index in [9.17, 15) is 9.18 Å². The van der Waals surface area contributed by atoms with Crippen molar-refractivity contribution >= 4 is 35.8 Å². The molecule has 0 saturated heterocycles. The van der Waals surface area contributed by atoms with E-state index in [4.69, 9.17) is 9.47 Å². The maximum absolute atomic E-state index is 13.2. The first-order valence-electron chi connectivity index (χ1n) is 8.95. The van der Waals surface area contributed by atoms with Crippen LogP contribution in [0.4, 0.5) is 26.5 Å². The summed E-state index contributed by atoms with van der Waals surface area (Å²) >= 11 is 0. The molecule has 0 radical (unpaired) electrons. The van der Waals surface area contributed by atoms with E-state index < -0.39 is 6.09 Å². The Balaban J connectivity index is 0.00000320. The van der Waals surface area contributed by atoms with Crippen LogP contribution in [0, 0.1) is 5.82 Å². The number of anilines is 3. The molecule has 0 aliphatic heterocycles. The molecule has 0 bridgehead atoms. The molecule has 1 amide bonds. The van der Waals surface area contributed by atoms with Gasteiger partial charge in [0.05, 0.1) is 19.3 Å². The van der Waals surface area contributed by atoms with Gasteiger partial charge in [0.2, 0.25) is 5.95 Å². The van der Waals surface area contributed by atoms with Gasteiger partial charge in [-0.2, -0.15) is 0 Å².